The number of nitrogens with one attached hydrogen (secondary N) is 1. The second kappa shape index (κ2) is 7.22. The number of amides is 1. The van der Waals surface area contributed by atoms with Gasteiger partial charge in [-0.2, -0.15) is 0 Å². The van der Waals surface area contributed by atoms with Gasteiger partial charge in [0.2, 0.25) is 5.91 Å². The molecule has 0 saturated carbocycles. The number of carboxylic acid groups (broad SMARTS) is 1. The number of rotatable bonds is 5. The van der Waals surface area contributed by atoms with Gasteiger partial charge in [0.25, 0.3) is 0 Å². The highest BCUT2D eigenvalue weighted by molar-refractivity contribution is 5.79. The standard InChI is InChI=1S/C16H22N2O3/c1-12(13-5-3-2-4-6-13)17-11-15(19)18-9-7-14(8-10-18)16(20)21/h2-6,12,14,17H,7-11H2,1H3,(H,20,21). The van der Waals surface area contributed by atoms with Crippen LogP contribution in [0.25, 0.3) is 0 Å². The van der Waals surface area contributed by atoms with Crippen LogP contribution >= 0.6 is 0 Å². The number of benzene rings is 1. The van der Waals surface area contributed by atoms with E-state index in [1.807, 2.05) is 37.3 Å². The molecule has 0 bridgehead atoms. The van der Waals surface area contributed by atoms with E-state index in [1.54, 1.807) is 4.90 Å². The van der Waals surface area contributed by atoms with Crippen LogP contribution in [0.3, 0.4) is 0 Å². The number of carbonyl (C=O) groups excluding carboxylic acids is 1. The first-order valence-electron chi connectivity index (χ1n) is 7.37. The molecule has 2 N–H and O–H groups in total. The van der Waals surface area contributed by atoms with E-state index in [1.165, 1.54) is 0 Å². The zero-order chi connectivity index (χ0) is 15.2. The Hall–Kier alpha value is -1.88. The minimum Gasteiger partial charge on any atom is -0.481 e. The van der Waals surface area contributed by atoms with E-state index >= 15 is 0 Å². The van der Waals surface area contributed by atoms with E-state index in [2.05, 4.69) is 5.32 Å². The number of piperidine rings is 1. The summed E-state index contributed by atoms with van der Waals surface area (Å²) in [5.41, 5.74) is 1.15. The molecule has 1 atom stereocenters. The first kappa shape index (κ1) is 15.5. The molecule has 21 heavy (non-hydrogen) atoms. The van der Waals surface area contributed by atoms with Gasteiger partial charge in [-0.1, -0.05) is 30.3 Å². The van der Waals surface area contributed by atoms with Crippen molar-refractivity contribution in [2.45, 2.75) is 25.8 Å². The molecular formula is C16H22N2O3. The van der Waals surface area contributed by atoms with Crippen LogP contribution in [0.15, 0.2) is 30.3 Å². The van der Waals surface area contributed by atoms with E-state index in [0.29, 0.717) is 25.9 Å². The van der Waals surface area contributed by atoms with Crippen LogP contribution in [0.4, 0.5) is 0 Å². The third kappa shape index (κ3) is 4.29. The van der Waals surface area contributed by atoms with Crippen LogP contribution in [-0.2, 0) is 9.59 Å². The lowest BCUT2D eigenvalue weighted by Gasteiger charge is -2.30. The van der Waals surface area contributed by atoms with Crippen molar-refractivity contribution < 1.29 is 14.7 Å². The molecule has 1 aromatic carbocycles. The molecule has 1 saturated heterocycles. The number of carbonyl (C=O) groups is 2. The summed E-state index contributed by atoms with van der Waals surface area (Å²) in [5.74, 6) is -1.01. The van der Waals surface area contributed by atoms with Crippen molar-refractivity contribution in [2.24, 2.45) is 5.92 Å². The van der Waals surface area contributed by atoms with Gasteiger partial charge in [0.05, 0.1) is 12.5 Å². The van der Waals surface area contributed by atoms with Crippen LogP contribution in [0.2, 0.25) is 0 Å². The second-order valence-electron chi connectivity index (χ2n) is 5.51. The fourth-order valence-electron chi connectivity index (χ4n) is 2.59. The summed E-state index contributed by atoms with van der Waals surface area (Å²) >= 11 is 0. The van der Waals surface area contributed by atoms with Crippen molar-refractivity contribution >= 4 is 11.9 Å². The average Bonchev–Trinajstić information content (AvgIpc) is 2.53. The quantitative estimate of drug-likeness (QED) is 0.865. The predicted molar refractivity (Wildman–Crippen MR) is 79.8 cm³/mol. The summed E-state index contributed by atoms with van der Waals surface area (Å²) in [4.78, 5) is 24.8. The van der Waals surface area contributed by atoms with Gasteiger partial charge in [0, 0.05) is 19.1 Å². The Balaban J connectivity index is 1.76. The van der Waals surface area contributed by atoms with Crippen LogP contribution < -0.4 is 5.32 Å². The number of aliphatic carboxylic acids is 1. The Bertz CT molecular complexity index is 482. The molecule has 1 heterocycles. The molecule has 1 aliphatic rings. The minimum atomic E-state index is -0.752. The van der Waals surface area contributed by atoms with E-state index in [9.17, 15) is 9.59 Å². The van der Waals surface area contributed by atoms with Crippen LogP contribution in [0.1, 0.15) is 31.4 Å². The van der Waals surface area contributed by atoms with Crippen molar-refractivity contribution in [3.63, 3.8) is 0 Å². The third-order valence-corrected chi connectivity index (χ3v) is 4.06. The summed E-state index contributed by atoms with van der Waals surface area (Å²) in [5, 5.41) is 12.2. The van der Waals surface area contributed by atoms with Gasteiger partial charge in [-0.25, -0.2) is 0 Å². The van der Waals surface area contributed by atoms with E-state index in [-0.39, 0.29) is 24.4 Å². The van der Waals surface area contributed by atoms with Gasteiger partial charge in [0.15, 0.2) is 0 Å². The van der Waals surface area contributed by atoms with Crippen LogP contribution in [0.5, 0.6) is 0 Å². The summed E-state index contributed by atoms with van der Waals surface area (Å²) < 4.78 is 0. The molecule has 1 aliphatic heterocycles. The van der Waals surface area contributed by atoms with Crippen molar-refractivity contribution in [2.75, 3.05) is 19.6 Å². The average molecular weight is 290 g/mol. The molecule has 5 heteroatoms. The Morgan fingerprint density at radius 1 is 1.29 bits per heavy atom. The molecule has 2 rings (SSSR count). The molecule has 114 valence electrons. The molecule has 5 nitrogen and oxygen atoms in total. The van der Waals surface area contributed by atoms with Gasteiger partial charge in [-0.05, 0) is 25.3 Å². The lowest BCUT2D eigenvalue weighted by Crippen LogP contribution is -2.44. The maximum absolute atomic E-state index is 12.1. The van der Waals surface area contributed by atoms with Crippen molar-refractivity contribution in [1.29, 1.82) is 0 Å². The Morgan fingerprint density at radius 3 is 2.48 bits per heavy atom. The second-order valence-corrected chi connectivity index (χ2v) is 5.51. The maximum atomic E-state index is 12.1. The number of nitrogens with zero attached hydrogens (tertiary/aromatic N) is 1. The molecule has 1 unspecified atom stereocenters. The molecular weight excluding hydrogens is 268 g/mol. The summed E-state index contributed by atoms with van der Waals surface area (Å²) in [7, 11) is 0. The SMILES string of the molecule is CC(NCC(=O)N1CCC(C(=O)O)CC1)c1ccccc1. The molecule has 1 amide bonds. The number of hydrogen-bond donors (Lipinski definition) is 2. The van der Waals surface area contributed by atoms with Gasteiger partial charge in [-0.15, -0.1) is 0 Å². The molecule has 0 aliphatic carbocycles. The lowest BCUT2D eigenvalue weighted by atomic mass is 9.97. The zero-order valence-corrected chi connectivity index (χ0v) is 12.3. The Labute approximate surface area is 125 Å². The molecule has 1 fully saturated rings. The minimum absolute atomic E-state index is 0.0432. The summed E-state index contributed by atoms with van der Waals surface area (Å²) in [6.45, 7) is 3.39. The Kier molecular flexibility index (Phi) is 5.33. The highest BCUT2D eigenvalue weighted by Gasteiger charge is 2.26. The smallest absolute Gasteiger partial charge is 0.306 e. The first-order valence-corrected chi connectivity index (χ1v) is 7.37. The van der Waals surface area contributed by atoms with Gasteiger partial charge in [0.1, 0.15) is 0 Å². The number of likely N-dealkylation sites (tertiary alicyclic amines) is 1. The van der Waals surface area contributed by atoms with Crippen molar-refractivity contribution in [1.82, 2.24) is 10.2 Å². The Morgan fingerprint density at radius 2 is 1.90 bits per heavy atom. The monoisotopic (exact) mass is 290 g/mol. The topological polar surface area (TPSA) is 69.6 Å². The summed E-state index contributed by atoms with van der Waals surface area (Å²) in [6, 6.07) is 10.1. The number of carboxylic acids is 1. The fourth-order valence-corrected chi connectivity index (χ4v) is 2.59. The van der Waals surface area contributed by atoms with Gasteiger partial charge < -0.3 is 15.3 Å². The molecule has 0 aromatic heterocycles. The zero-order valence-electron chi connectivity index (χ0n) is 12.3. The van der Waals surface area contributed by atoms with E-state index in [0.717, 1.165) is 5.56 Å². The third-order valence-electron chi connectivity index (χ3n) is 4.06. The van der Waals surface area contributed by atoms with Gasteiger partial charge in [-0.3, -0.25) is 9.59 Å². The molecule has 0 radical (unpaired) electrons. The summed E-state index contributed by atoms with van der Waals surface area (Å²) in [6.07, 6.45) is 1.10. The van der Waals surface area contributed by atoms with Gasteiger partial charge >= 0.3 is 5.97 Å². The largest absolute Gasteiger partial charge is 0.481 e. The van der Waals surface area contributed by atoms with E-state index in [4.69, 9.17) is 5.11 Å². The van der Waals surface area contributed by atoms with Crippen molar-refractivity contribution in [3.8, 4) is 0 Å². The first-order chi connectivity index (χ1) is 10.1. The fraction of sp³-hybridized carbons (Fsp3) is 0.500. The highest BCUT2D eigenvalue weighted by atomic mass is 16.4. The maximum Gasteiger partial charge on any atom is 0.306 e. The normalized spacial score (nSPS) is 17.5. The predicted octanol–water partition coefficient (Wildman–Crippen LogP) is 1.66. The van der Waals surface area contributed by atoms with Crippen LogP contribution in [0, 0.1) is 5.92 Å². The highest BCUT2D eigenvalue weighted by Crippen LogP contribution is 2.17. The van der Waals surface area contributed by atoms with E-state index < -0.39 is 5.97 Å². The number of hydrogen-bond acceptors (Lipinski definition) is 3. The molecule has 0 spiro atoms. The lowest BCUT2D eigenvalue weighted by molar-refractivity contribution is -0.145. The van der Waals surface area contributed by atoms with Crippen molar-refractivity contribution in [3.05, 3.63) is 35.9 Å². The van der Waals surface area contributed by atoms with Crippen LogP contribution in [-0.4, -0.2) is 41.5 Å². The molecule has 1 aromatic rings.